The van der Waals surface area contributed by atoms with E-state index >= 15 is 0 Å². The molecule has 0 unspecified atom stereocenters. The Morgan fingerprint density at radius 3 is 2.54 bits per heavy atom. The molecule has 2 aromatic rings. The second-order valence-electron chi connectivity index (χ2n) is 6.45. The molecule has 3 heteroatoms. The van der Waals surface area contributed by atoms with Gasteiger partial charge in [0.25, 0.3) is 0 Å². The summed E-state index contributed by atoms with van der Waals surface area (Å²) < 4.78 is 0. The van der Waals surface area contributed by atoms with E-state index in [1.807, 2.05) is 25.1 Å². The third kappa shape index (κ3) is 4.24. The lowest BCUT2D eigenvalue weighted by Gasteiger charge is -2.17. The van der Waals surface area contributed by atoms with E-state index in [9.17, 15) is 4.79 Å². The Morgan fingerprint density at radius 2 is 1.92 bits per heavy atom. The van der Waals surface area contributed by atoms with Crippen LogP contribution in [0.1, 0.15) is 36.6 Å². The zero-order chi connectivity index (χ0) is 17.5. The molecule has 128 valence electrons. The fourth-order valence-corrected chi connectivity index (χ4v) is 3.13. The Hall–Kier alpha value is -2.13. The summed E-state index contributed by atoms with van der Waals surface area (Å²) in [6, 6.07) is 6.23. The SMILES string of the molecule is C=CC[NH+](CC=C)Cc1c(C)[nH]c2ccc(CCCC)cc2c1=O. The van der Waals surface area contributed by atoms with Crippen molar-refractivity contribution in [2.24, 2.45) is 0 Å². The number of rotatable bonds is 9. The van der Waals surface area contributed by atoms with Crippen LogP contribution in [-0.4, -0.2) is 18.1 Å². The molecule has 0 bridgehead atoms. The average Bonchev–Trinajstić information content (AvgIpc) is 2.57. The fourth-order valence-electron chi connectivity index (χ4n) is 3.13. The van der Waals surface area contributed by atoms with E-state index in [0.717, 1.165) is 54.5 Å². The van der Waals surface area contributed by atoms with Crippen LogP contribution in [0.4, 0.5) is 0 Å². The number of fused-ring (bicyclic) bond motifs is 1. The molecule has 24 heavy (non-hydrogen) atoms. The van der Waals surface area contributed by atoms with Crippen LogP contribution in [0, 0.1) is 6.92 Å². The molecule has 3 nitrogen and oxygen atoms in total. The molecule has 1 aromatic heterocycles. The highest BCUT2D eigenvalue weighted by Crippen LogP contribution is 2.15. The van der Waals surface area contributed by atoms with E-state index < -0.39 is 0 Å². The van der Waals surface area contributed by atoms with Gasteiger partial charge < -0.3 is 9.88 Å². The van der Waals surface area contributed by atoms with Crippen molar-refractivity contribution in [3.8, 4) is 0 Å². The summed E-state index contributed by atoms with van der Waals surface area (Å²) in [6.45, 7) is 14.1. The lowest BCUT2D eigenvalue weighted by molar-refractivity contribution is -0.902. The summed E-state index contributed by atoms with van der Waals surface area (Å²) in [7, 11) is 0. The zero-order valence-corrected chi connectivity index (χ0v) is 15.0. The number of H-pyrrole nitrogens is 1. The zero-order valence-electron chi connectivity index (χ0n) is 15.0. The summed E-state index contributed by atoms with van der Waals surface area (Å²) in [6.07, 6.45) is 7.13. The van der Waals surface area contributed by atoms with E-state index in [1.165, 1.54) is 10.5 Å². The van der Waals surface area contributed by atoms with Crippen molar-refractivity contribution in [3.05, 3.63) is 70.6 Å². The van der Waals surface area contributed by atoms with Crippen LogP contribution in [0.15, 0.2) is 48.3 Å². The molecule has 0 aliphatic rings. The minimum Gasteiger partial charge on any atom is -0.358 e. The number of aromatic nitrogens is 1. The van der Waals surface area contributed by atoms with Gasteiger partial charge in [-0.3, -0.25) is 4.79 Å². The van der Waals surface area contributed by atoms with Gasteiger partial charge in [0.05, 0.1) is 18.7 Å². The molecule has 2 rings (SSSR count). The maximum Gasteiger partial charge on any atom is 0.198 e. The second-order valence-corrected chi connectivity index (χ2v) is 6.45. The van der Waals surface area contributed by atoms with Gasteiger partial charge in [-0.05, 0) is 49.6 Å². The maximum atomic E-state index is 13.0. The van der Waals surface area contributed by atoms with E-state index in [0.29, 0.717) is 6.54 Å². The molecule has 0 aliphatic carbocycles. The maximum absolute atomic E-state index is 13.0. The van der Waals surface area contributed by atoms with Gasteiger partial charge in [0.2, 0.25) is 0 Å². The Labute approximate surface area is 144 Å². The van der Waals surface area contributed by atoms with Crippen molar-refractivity contribution in [2.45, 2.75) is 39.7 Å². The highest BCUT2D eigenvalue weighted by atomic mass is 16.1. The minimum absolute atomic E-state index is 0.158. The van der Waals surface area contributed by atoms with Gasteiger partial charge in [-0.1, -0.05) is 32.6 Å². The van der Waals surface area contributed by atoms with Crippen LogP contribution in [0.25, 0.3) is 10.9 Å². The third-order valence-corrected chi connectivity index (χ3v) is 4.49. The van der Waals surface area contributed by atoms with Gasteiger partial charge in [-0.2, -0.15) is 0 Å². The Balaban J connectivity index is 2.43. The number of unbranched alkanes of at least 4 members (excludes halogenated alkanes) is 1. The van der Waals surface area contributed by atoms with Gasteiger partial charge >= 0.3 is 0 Å². The van der Waals surface area contributed by atoms with E-state index in [2.05, 4.69) is 37.2 Å². The number of hydrogen-bond donors (Lipinski definition) is 2. The van der Waals surface area contributed by atoms with Gasteiger partial charge in [0.15, 0.2) is 5.43 Å². The molecule has 0 radical (unpaired) electrons. The lowest BCUT2D eigenvalue weighted by Crippen LogP contribution is -3.10. The first-order valence-corrected chi connectivity index (χ1v) is 8.80. The van der Waals surface area contributed by atoms with Crippen LogP contribution < -0.4 is 10.3 Å². The second kappa shape index (κ2) is 8.65. The summed E-state index contributed by atoms with van der Waals surface area (Å²) in [4.78, 5) is 17.7. The molecule has 0 saturated heterocycles. The smallest absolute Gasteiger partial charge is 0.198 e. The van der Waals surface area contributed by atoms with Crippen LogP contribution in [0.5, 0.6) is 0 Å². The van der Waals surface area contributed by atoms with Crippen molar-refractivity contribution < 1.29 is 4.90 Å². The first-order valence-electron chi connectivity index (χ1n) is 8.80. The largest absolute Gasteiger partial charge is 0.358 e. The summed E-state index contributed by atoms with van der Waals surface area (Å²) >= 11 is 0. The number of pyridine rings is 1. The molecule has 0 fully saturated rings. The van der Waals surface area contributed by atoms with Gasteiger partial charge in [-0.15, -0.1) is 0 Å². The fraction of sp³-hybridized carbons (Fsp3) is 0.381. The number of nitrogens with one attached hydrogen (secondary N) is 2. The third-order valence-electron chi connectivity index (χ3n) is 4.49. The van der Waals surface area contributed by atoms with Crippen LogP contribution in [-0.2, 0) is 13.0 Å². The summed E-state index contributed by atoms with van der Waals surface area (Å²) in [5.74, 6) is 0. The molecular formula is C21H29N2O+. The Bertz CT molecular complexity index is 763. The van der Waals surface area contributed by atoms with Gasteiger partial charge in [0.1, 0.15) is 6.54 Å². The van der Waals surface area contributed by atoms with Crippen molar-refractivity contribution in [2.75, 3.05) is 13.1 Å². The molecule has 0 amide bonds. The monoisotopic (exact) mass is 325 g/mol. The molecule has 0 atom stereocenters. The number of aryl methyl sites for hydroxylation is 2. The standard InChI is InChI=1S/C21H28N2O/c1-5-8-9-17-10-11-20-18(14-17)21(24)19(16(4)22-20)15-23(12-6-2)13-7-3/h6-7,10-11,14H,2-3,5,8-9,12-13,15H2,1,4H3,(H,22,24)/p+1. The van der Waals surface area contributed by atoms with Gasteiger partial charge in [0, 0.05) is 16.6 Å². The normalized spacial score (nSPS) is 11.1. The Morgan fingerprint density at radius 1 is 1.21 bits per heavy atom. The topological polar surface area (TPSA) is 37.3 Å². The number of benzene rings is 1. The quantitative estimate of drug-likeness (QED) is 0.684. The Kier molecular flexibility index (Phi) is 6.56. The van der Waals surface area contributed by atoms with Gasteiger partial charge in [-0.25, -0.2) is 0 Å². The van der Waals surface area contributed by atoms with E-state index in [4.69, 9.17) is 0 Å². The number of hydrogen-bond acceptors (Lipinski definition) is 1. The molecule has 1 heterocycles. The first-order chi connectivity index (χ1) is 11.6. The molecule has 0 spiro atoms. The number of aromatic amines is 1. The van der Waals surface area contributed by atoms with Crippen molar-refractivity contribution in [1.29, 1.82) is 0 Å². The highest BCUT2D eigenvalue weighted by molar-refractivity contribution is 5.80. The number of quaternary nitrogens is 1. The van der Waals surface area contributed by atoms with Crippen molar-refractivity contribution >= 4 is 10.9 Å². The van der Waals surface area contributed by atoms with Crippen LogP contribution >= 0.6 is 0 Å². The van der Waals surface area contributed by atoms with Crippen LogP contribution in [0.2, 0.25) is 0 Å². The summed E-state index contributed by atoms with van der Waals surface area (Å²) in [5, 5.41) is 0.806. The average molecular weight is 325 g/mol. The van der Waals surface area contributed by atoms with Crippen molar-refractivity contribution in [3.63, 3.8) is 0 Å². The molecule has 2 N–H and O–H groups in total. The molecule has 0 aliphatic heterocycles. The van der Waals surface area contributed by atoms with Crippen LogP contribution in [0.3, 0.4) is 0 Å². The molecular weight excluding hydrogens is 296 g/mol. The molecule has 0 saturated carbocycles. The molecule has 1 aromatic carbocycles. The van der Waals surface area contributed by atoms with E-state index in [-0.39, 0.29) is 5.43 Å². The van der Waals surface area contributed by atoms with E-state index in [1.54, 1.807) is 0 Å². The van der Waals surface area contributed by atoms with Crippen molar-refractivity contribution in [1.82, 2.24) is 4.98 Å². The first kappa shape index (κ1) is 18.2. The lowest BCUT2D eigenvalue weighted by atomic mass is 10.0. The summed E-state index contributed by atoms with van der Waals surface area (Å²) in [5.41, 5.74) is 4.15. The predicted octanol–water partition coefficient (Wildman–Crippen LogP) is 2.94. The highest BCUT2D eigenvalue weighted by Gasteiger charge is 2.15. The predicted molar refractivity (Wildman–Crippen MR) is 103 cm³/mol. The minimum atomic E-state index is 0.158.